The normalized spacial score (nSPS) is 19.6. The van der Waals surface area contributed by atoms with E-state index in [9.17, 15) is 9.59 Å². The average molecular weight is 298 g/mol. The molecule has 2 unspecified atom stereocenters. The fraction of sp³-hybridized carbons (Fsp3) is 0.875. The van der Waals surface area contributed by atoms with Gasteiger partial charge in [-0.1, -0.05) is 20.3 Å². The molecule has 0 aliphatic carbocycles. The molecule has 0 spiro atoms. The topological polar surface area (TPSA) is 60.9 Å². The van der Waals surface area contributed by atoms with Gasteiger partial charge in [0, 0.05) is 32.1 Å². The number of carboxylic acid groups (broad SMARTS) is 1. The maximum absolute atomic E-state index is 12.7. The van der Waals surface area contributed by atoms with Crippen LogP contribution in [-0.2, 0) is 4.79 Å². The minimum Gasteiger partial charge on any atom is -0.481 e. The van der Waals surface area contributed by atoms with Gasteiger partial charge in [0.05, 0.1) is 0 Å². The Morgan fingerprint density at radius 1 is 1.38 bits per heavy atom. The van der Waals surface area contributed by atoms with Crippen molar-refractivity contribution in [2.24, 2.45) is 5.92 Å². The lowest BCUT2D eigenvalue weighted by atomic mass is 10.0. The molecule has 1 N–H and O–H groups in total. The van der Waals surface area contributed by atoms with Gasteiger partial charge in [-0.15, -0.1) is 0 Å². The Balaban J connectivity index is 2.53. The van der Waals surface area contributed by atoms with Crippen LogP contribution in [0.25, 0.3) is 0 Å². The second-order valence-corrected chi connectivity index (χ2v) is 6.12. The number of likely N-dealkylation sites (tertiary alicyclic amines) is 1. The molecule has 1 rings (SSSR count). The van der Waals surface area contributed by atoms with E-state index in [4.69, 9.17) is 5.11 Å². The lowest BCUT2D eigenvalue weighted by Crippen LogP contribution is -2.46. The molecular formula is C16H30N2O3. The van der Waals surface area contributed by atoms with E-state index in [1.807, 2.05) is 9.80 Å². The van der Waals surface area contributed by atoms with Crippen LogP contribution in [0.4, 0.5) is 4.79 Å². The van der Waals surface area contributed by atoms with E-state index >= 15 is 0 Å². The van der Waals surface area contributed by atoms with Crippen LogP contribution in [0.2, 0.25) is 0 Å². The smallest absolute Gasteiger partial charge is 0.320 e. The van der Waals surface area contributed by atoms with Crippen molar-refractivity contribution in [2.45, 2.75) is 65.3 Å². The number of amides is 2. The second-order valence-electron chi connectivity index (χ2n) is 6.12. The molecule has 0 saturated carbocycles. The summed E-state index contributed by atoms with van der Waals surface area (Å²) >= 11 is 0. The predicted molar refractivity (Wildman–Crippen MR) is 83.3 cm³/mol. The number of carbonyl (C=O) groups excluding carboxylic acids is 1. The number of hydrogen-bond acceptors (Lipinski definition) is 2. The number of urea groups is 1. The van der Waals surface area contributed by atoms with Gasteiger partial charge in [0.25, 0.3) is 0 Å². The van der Waals surface area contributed by atoms with Crippen LogP contribution < -0.4 is 0 Å². The van der Waals surface area contributed by atoms with Gasteiger partial charge < -0.3 is 14.9 Å². The Morgan fingerprint density at radius 3 is 2.67 bits per heavy atom. The quantitative estimate of drug-likeness (QED) is 0.748. The Morgan fingerprint density at radius 2 is 2.10 bits per heavy atom. The van der Waals surface area contributed by atoms with Gasteiger partial charge in [0.15, 0.2) is 0 Å². The summed E-state index contributed by atoms with van der Waals surface area (Å²) in [5.41, 5.74) is 0. The Hall–Kier alpha value is -1.26. The molecule has 5 heteroatoms. The highest BCUT2D eigenvalue weighted by Crippen LogP contribution is 2.23. The fourth-order valence-electron chi connectivity index (χ4n) is 2.80. The summed E-state index contributed by atoms with van der Waals surface area (Å²) in [7, 11) is 0. The van der Waals surface area contributed by atoms with E-state index in [1.165, 1.54) is 0 Å². The highest BCUT2D eigenvalue weighted by atomic mass is 16.4. The molecule has 1 heterocycles. The van der Waals surface area contributed by atoms with Crippen LogP contribution in [0.5, 0.6) is 0 Å². The van der Waals surface area contributed by atoms with E-state index in [1.54, 1.807) is 0 Å². The predicted octanol–water partition coefficient (Wildman–Crippen LogP) is 3.19. The van der Waals surface area contributed by atoms with E-state index < -0.39 is 5.97 Å². The van der Waals surface area contributed by atoms with Crippen molar-refractivity contribution in [1.29, 1.82) is 0 Å². The average Bonchev–Trinajstić information content (AvgIpc) is 2.93. The summed E-state index contributed by atoms with van der Waals surface area (Å²) in [4.78, 5) is 27.2. The zero-order chi connectivity index (χ0) is 15.8. The first kappa shape index (κ1) is 17.8. The highest BCUT2D eigenvalue weighted by molar-refractivity contribution is 5.75. The maximum Gasteiger partial charge on any atom is 0.320 e. The number of nitrogens with zero attached hydrogens (tertiary/aromatic N) is 2. The van der Waals surface area contributed by atoms with Crippen molar-refractivity contribution in [3.63, 3.8) is 0 Å². The molecule has 1 saturated heterocycles. The monoisotopic (exact) mass is 298 g/mol. The van der Waals surface area contributed by atoms with Crippen LogP contribution in [0.1, 0.15) is 59.3 Å². The fourth-order valence-corrected chi connectivity index (χ4v) is 2.80. The molecule has 1 aliphatic rings. The first-order chi connectivity index (χ1) is 9.99. The molecule has 0 aromatic rings. The molecule has 2 atom stereocenters. The lowest BCUT2D eigenvalue weighted by Gasteiger charge is -2.32. The molecule has 0 aromatic heterocycles. The van der Waals surface area contributed by atoms with Crippen molar-refractivity contribution in [3.05, 3.63) is 0 Å². The van der Waals surface area contributed by atoms with Crippen LogP contribution in [0.15, 0.2) is 0 Å². The van der Waals surface area contributed by atoms with Crippen molar-refractivity contribution >= 4 is 12.0 Å². The molecule has 0 aromatic carbocycles. The van der Waals surface area contributed by atoms with E-state index in [0.29, 0.717) is 18.9 Å². The van der Waals surface area contributed by atoms with Gasteiger partial charge in [0.1, 0.15) is 0 Å². The van der Waals surface area contributed by atoms with Gasteiger partial charge in [-0.3, -0.25) is 4.79 Å². The first-order valence-corrected chi connectivity index (χ1v) is 8.26. The summed E-state index contributed by atoms with van der Waals surface area (Å²) < 4.78 is 0. The minimum atomic E-state index is -0.746. The molecule has 5 nitrogen and oxygen atoms in total. The molecule has 21 heavy (non-hydrogen) atoms. The number of unbranched alkanes of at least 4 members (excludes halogenated alkanes) is 1. The van der Waals surface area contributed by atoms with Gasteiger partial charge in [-0.2, -0.15) is 0 Å². The van der Waals surface area contributed by atoms with Gasteiger partial charge in [-0.25, -0.2) is 4.79 Å². The maximum atomic E-state index is 12.7. The van der Waals surface area contributed by atoms with E-state index in [-0.39, 0.29) is 18.5 Å². The summed E-state index contributed by atoms with van der Waals surface area (Å²) in [5.74, 6) is -0.404. The molecule has 1 fully saturated rings. The third-order valence-electron chi connectivity index (χ3n) is 4.44. The molecule has 0 radical (unpaired) electrons. The third kappa shape index (κ3) is 5.56. The van der Waals surface area contributed by atoms with Crippen molar-refractivity contribution < 1.29 is 14.7 Å². The number of hydrogen-bond donors (Lipinski definition) is 1. The van der Waals surface area contributed by atoms with Gasteiger partial charge >= 0.3 is 12.0 Å². The molecule has 122 valence electrons. The number of carbonyl (C=O) groups is 2. The van der Waals surface area contributed by atoms with Crippen LogP contribution in [-0.4, -0.2) is 52.6 Å². The SMILES string of the molecule is CCCCN(C(=O)N1CCC(CCC(=O)O)C1)C(C)CC. The third-order valence-corrected chi connectivity index (χ3v) is 4.44. The van der Waals surface area contributed by atoms with E-state index in [2.05, 4.69) is 20.8 Å². The zero-order valence-electron chi connectivity index (χ0n) is 13.7. The summed E-state index contributed by atoms with van der Waals surface area (Å²) in [6.07, 6.45) is 4.90. The Bertz CT molecular complexity index is 346. The summed E-state index contributed by atoms with van der Waals surface area (Å²) in [6.45, 7) is 8.65. The van der Waals surface area contributed by atoms with Crippen LogP contribution in [0, 0.1) is 5.92 Å². The first-order valence-electron chi connectivity index (χ1n) is 8.26. The van der Waals surface area contributed by atoms with E-state index in [0.717, 1.165) is 38.8 Å². The molecule has 2 amide bonds. The van der Waals surface area contributed by atoms with Crippen LogP contribution in [0.3, 0.4) is 0 Å². The number of carboxylic acids is 1. The van der Waals surface area contributed by atoms with Gasteiger partial charge in [-0.05, 0) is 38.5 Å². The van der Waals surface area contributed by atoms with Crippen molar-refractivity contribution in [3.8, 4) is 0 Å². The minimum absolute atomic E-state index is 0.135. The van der Waals surface area contributed by atoms with Crippen LogP contribution >= 0.6 is 0 Å². The number of rotatable bonds is 8. The number of aliphatic carboxylic acids is 1. The molecule has 1 aliphatic heterocycles. The largest absolute Gasteiger partial charge is 0.481 e. The second kappa shape index (κ2) is 8.90. The molecular weight excluding hydrogens is 268 g/mol. The molecule has 0 bridgehead atoms. The lowest BCUT2D eigenvalue weighted by molar-refractivity contribution is -0.137. The van der Waals surface area contributed by atoms with Crippen molar-refractivity contribution in [1.82, 2.24) is 9.80 Å². The van der Waals surface area contributed by atoms with Crippen molar-refractivity contribution in [2.75, 3.05) is 19.6 Å². The highest BCUT2D eigenvalue weighted by Gasteiger charge is 2.30. The van der Waals surface area contributed by atoms with Gasteiger partial charge in [0.2, 0.25) is 0 Å². The Kier molecular flexibility index (Phi) is 7.54. The summed E-state index contributed by atoms with van der Waals surface area (Å²) in [5, 5.41) is 8.75. The zero-order valence-corrected chi connectivity index (χ0v) is 13.7. The summed E-state index contributed by atoms with van der Waals surface area (Å²) in [6, 6.07) is 0.401. The standard InChI is InChI=1S/C16H30N2O3/c1-4-6-10-18(13(3)5-2)16(21)17-11-9-14(12-17)7-8-15(19)20/h13-14H,4-12H2,1-3H3,(H,19,20). The Labute approximate surface area is 128 Å².